The second-order valence-corrected chi connectivity index (χ2v) is 14.9. The topological polar surface area (TPSA) is 164 Å². The van der Waals surface area contributed by atoms with Crippen LogP contribution in [0.5, 0.6) is 5.75 Å². The van der Waals surface area contributed by atoms with Crippen LogP contribution in [0.15, 0.2) is 30.3 Å². The maximum Gasteiger partial charge on any atom is 0.340 e. The molecule has 0 spiro atoms. The molecule has 0 radical (unpaired) electrons. The zero-order valence-corrected chi connectivity index (χ0v) is 33.2. The van der Waals surface area contributed by atoms with Gasteiger partial charge in [0.15, 0.2) is 11.4 Å². The van der Waals surface area contributed by atoms with Gasteiger partial charge < -0.3 is 39.6 Å². The van der Waals surface area contributed by atoms with Gasteiger partial charge in [0.05, 0.1) is 19.1 Å². The van der Waals surface area contributed by atoms with E-state index in [2.05, 4.69) is 18.8 Å². The molecule has 0 unspecified atom stereocenters. The Morgan fingerprint density at radius 2 is 1.57 bits per heavy atom. The van der Waals surface area contributed by atoms with E-state index in [0.717, 1.165) is 38.5 Å². The van der Waals surface area contributed by atoms with E-state index in [1.165, 1.54) is 39.7 Å². The fourth-order valence-corrected chi connectivity index (χ4v) is 7.10. The zero-order valence-electron chi connectivity index (χ0n) is 33.2. The second-order valence-electron chi connectivity index (χ2n) is 14.9. The maximum atomic E-state index is 14.1. The molecule has 11 heteroatoms. The van der Waals surface area contributed by atoms with Crippen molar-refractivity contribution in [3.8, 4) is 17.6 Å². The first-order valence-corrected chi connectivity index (χ1v) is 19.2. The molecule has 1 amide bonds. The van der Waals surface area contributed by atoms with Crippen LogP contribution < -0.4 is 10.5 Å². The minimum Gasteiger partial charge on any atom is -0.481 e. The van der Waals surface area contributed by atoms with E-state index in [0.29, 0.717) is 37.4 Å². The number of carboxylic acids is 1. The molecular weight excluding hydrogens is 678 g/mol. The van der Waals surface area contributed by atoms with Crippen LogP contribution in [0.25, 0.3) is 5.57 Å². The van der Waals surface area contributed by atoms with Crippen LogP contribution >= 0.6 is 0 Å². The number of nitrogens with two attached hydrogens (primary N) is 1. The van der Waals surface area contributed by atoms with Gasteiger partial charge in [0, 0.05) is 33.0 Å². The summed E-state index contributed by atoms with van der Waals surface area (Å²) < 4.78 is 28.8. The van der Waals surface area contributed by atoms with Gasteiger partial charge in [-0.05, 0) is 76.6 Å². The number of benzene rings is 1. The van der Waals surface area contributed by atoms with Gasteiger partial charge in [0.25, 0.3) is 0 Å². The third kappa shape index (κ3) is 12.8. The Bertz CT molecular complexity index is 1380. The number of primary amides is 1. The van der Waals surface area contributed by atoms with Gasteiger partial charge in [-0.15, -0.1) is 5.92 Å². The van der Waals surface area contributed by atoms with Crippen molar-refractivity contribution >= 4 is 23.4 Å². The fraction of sp³-hybridized carbons (Fsp3) is 0.690. The highest BCUT2D eigenvalue weighted by Crippen LogP contribution is 2.53. The minimum atomic E-state index is -2.73. The lowest BCUT2D eigenvalue weighted by Gasteiger charge is -2.48. The third-order valence-corrected chi connectivity index (χ3v) is 9.88. The van der Waals surface area contributed by atoms with Crippen LogP contribution in [0.4, 0.5) is 0 Å². The number of carbonyl (C=O) groups is 3. The molecule has 1 aromatic carbocycles. The summed E-state index contributed by atoms with van der Waals surface area (Å²) in [5.74, 6) is 0.128. The first-order chi connectivity index (χ1) is 25.1. The van der Waals surface area contributed by atoms with Gasteiger partial charge in [-0.1, -0.05) is 76.5 Å². The van der Waals surface area contributed by atoms with Gasteiger partial charge in [0.1, 0.15) is 23.4 Å². The number of amides is 1. The number of hydrogen-bond acceptors (Lipinski definition) is 9. The highest BCUT2D eigenvalue weighted by molar-refractivity contribution is 6.06. The molecule has 0 saturated carbocycles. The van der Waals surface area contributed by atoms with E-state index in [1.54, 1.807) is 58.0 Å². The van der Waals surface area contributed by atoms with Crippen molar-refractivity contribution in [2.75, 3.05) is 33.5 Å². The molecule has 298 valence electrons. The van der Waals surface area contributed by atoms with Crippen LogP contribution in [0.3, 0.4) is 0 Å². The van der Waals surface area contributed by atoms with Gasteiger partial charge >= 0.3 is 11.9 Å². The molecule has 1 fully saturated rings. The van der Waals surface area contributed by atoms with Crippen LogP contribution in [0, 0.1) is 23.2 Å². The molecule has 0 bridgehead atoms. The summed E-state index contributed by atoms with van der Waals surface area (Å²) >= 11 is 0. The third-order valence-electron chi connectivity index (χ3n) is 9.88. The van der Waals surface area contributed by atoms with Crippen molar-refractivity contribution < 1.29 is 48.3 Å². The summed E-state index contributed by atoms with van der Waals surface area (Å²) in [6.45, 7) is 11.2. The molecule has 53 heavy (non-hydrogen) atoms. The van der Waals surface area contributed by atoms with Crippen molar-refractivity contribution in [2.24, 2.45) is 17.1 Å². The summed E-state index contributed by atoms with van der Waals surface area (Å²) in [6.07, 6.45) is 12.6. The number of esters is 1. The number of allylic oxidation sites excluding steroid dienone is 1. The Kier molecular flexibility index (Phi) is 19.0. The quantitative estimate of drug-likeness (QED) is 0.0529. The molecule has 11 nitrogen and oxygen atoms in total. The van der Waals surface area contributed by atoms with Crippen molar-refractivity contribution in [2.45, 2.75) is 142 Å². The van der Waals surface area contributed by atoms with Crippen molar-refractivity contribution in [1.29, 1.82) is 0 Å². The van der Waals surface area contributed by atoms with E-state index in [-0.39, 0.29) is 18.8 Å². The minimum absolute atomic E-state index is 0.110. The number of rotatable bonds is 25. The molecule has 0 aliphatic carbocycles. The Balaban J connectivity index is 2.51. The molecule has 1 saturated heterocycles. The lowest BCUT2D eigenvalue weighted by Crippen LogP contribution is -2.66. The number of aliphatic carboxylic acids is 1. The highest BCUT2D eigenvalue weighted by atomic mass is 16.7. The lowest BCUT2D eigenvalue weighted by atomic mass is 9.56. The Morgan fingerprint density at radius 1 is 0.981 bits per heavy atom. The highest BCUT2D eigenvalue weighted by Gasteiger charge is 2.67. The first kappa shape index (κ1) is 45.7. The van der Waals surface area contributed by atoms with Crippen LogP contribution in [-0.4, -0.2) is 78.6 Å². The van der Waals surface area contributed by atoms with Gasteiger partial charge in [-0.25, -0.2) is 4.79 Å². The largest absolute Gasteiger partial charge is 0.481 e. The van der Waals surface area contributed by atoms with Crippen LogP contribution in [-0.2, 0) is 33.3 Å². The second kappa shape index (κ2) is 22.1. The molecule has 4 N–H and O–H groups in total. The number of unbranched alkanes of at least 4 members (excludes halogenated alkanes) is 8. The molecule has 2 rings (SSSR count). The molecule has 1 aliphatic rings. The predicted octanol–water partition coefficient (Wildman–Crippen LogP) is 7.22. The average Bonchev–Trinajstić information content (AvgIpc) is 3.57. The maximum absolute atomic E-state index is 14.1. The smallest absolute Gasteiger partial charge is 0.340 e. The number of hydrogen-bond donors (Lipinski definition) is 3. The van der Waals surface area contributed by atoms with E-state index in [1.807, 2.05) is 0 Å². The normalized spacial score (nSPS) is 17.2. The van der Waals surface area contributed by atoms with Crippen LogP contribution in [0.1, 0.15) is 131 Å². The monoisotopic (exact) mass is 743 g/mol. The number of aliphatic hydroxyl groups is 1. The van der Waals surface area contributed by atoms with E-state index in [4.69, 9.17) is 29.4 Å². The molecule has 3 atom stereocenters. The molecule has 1 aromatic rings. The SMILES string of the molecule is CC#CCOc1ccc(/C(=C\CCCCCCC2(CCCCCCC)OCCO2)[C@@](C(N)=O)([C@H](C)C(=O)O)[C@@](O)(CCOC)C(=O)OC(C)(C)C)cc1. The van der Waals surface area contributed by atoms with E-state index in [9.17, 15) is 24.6 Å². The van der Waals surface area contributed by atoms with Crippen molar-refractivity contribution in [3.63, 3.8) is 0 Å². The zero-order chi connectivity index (χ0) is 39.5. The molecule has 1 aliphatic heterocycles. The average molecular weight is 744 g/mol. The Labute approximate surface area is 317 Å². The summed E-state index contributed by atoms with van der Waals surface area (Å²) in [6, 6.07) is 6.63. The Morgan fingerprint density at radius 3 is 2.08 bits per heavy atom. The van der Waals surface area contributed by atoms with E-state index < -0.39 is 52.6 Å². The molecular formula is C42H65NO10. The first-order valence-electron chi connectivity index (χ1n) is 19.2. The number of carboxylic acid groups (broad SMARTS) is 1. The lowest BCUT2D eigenvalue weighted by molar-refractivity contribution is -0.198. The fourth-order valence-electron chi connectivity index (χ4n) is 7.10. The molecule has 1 heterocycles. The summed E-state index contributed by atoms with van der Waals surface area (Å²) in [5, 5.41) is 23.1. The Hall–Kier alpha value is -3.43. The number of carbonyl (C=O) groups excluding carboxylic acids is 2. The molecule has 0 aromatic heterocycles. The number of methoxy groups -OCH3 is 1. The van der Waals surface area contributed by atoms with Gasteiger partial charge in [-0.3, -0.25) is 9.59 Å². The van der Waals surface area contributed by atoms with E-state index >= 15 is 0 Å². The van der Waals surface area contributed by atoms with Crippen molar-refractivity contribution in [3.05, 3.63) is 35.9 Å². The number of ether oxygens (including phenoxy) is 5. The standard InChI is InChI=1S/C42H65NO10/c1-8-10-12-15-18-25-40(51-30-31-52-40)26-19-16-13-14-17-20-35(33-21-23-34(24-22-33)50-28-11-9-2)42(37(43)46,32(3)36(44)45)41(48,27-29-49-7)38(47)53-39(4,5)6/h20-24,32,48H,8,10,12-19,25-31H2,1-7H3,(H2,43,46)(H,44,45)/b35-20+/t32-,41-,42-/m1/s1. The summed E-state index contributed by atoms with van der Waals surface area (Å²) in [5.41, 5.74) is 0.414. The summed E-state index contributed by atoms with van der Waals surface area (Å²) in [4.78, 5) is 41.0. The van der Waals surface area contributed by atoms with Gasteiger partial charge in [-0.2, -0.15) is 0 Å². The van der Waals surface area contributed by atoms with Gasteiger partial charge in [0.2, 0.25) is 5.91 Å². The predicted molar refractivity (Wildman–Crippen MR) is 205 cm³/mol. The summed E-state index contributed by atoms with van der Waals surface area (Å²) in [7, 11) is 1.38. The van der Waals surface area contributed by atoms with Crippen molar-refractivity contribution in [1.82, 2.24) is 0 Å². The van der Waals surface area contributed by atoms with Crippen LogP contribution in [0.2, 0.25) is 0 Å².